The van der Waals surface area contributed by atoms with E-state index in [-0.39, 0.29) is 11.0 Å². The van der Waals surface area contributed by atoms with Gasteiger partial charge in [-0.25, -0.2) is 9.37 Å². The van der Waals surface area contributed by atoms with Gasteiger partial charge in [0.2, 0.25) is 5.43 Å². The third-order valence-electron chi connectivity index (χ3n) is 3.75. The van der Waals surface area contributed by atoms with E-state index < -0.39 is 11.7 Å². The minimum Gasteiger partial charge on any atom is -0.332 e. The quantitative estimate of drug-likeness (QED) is 0.805. The van der Waals surface area contributed by atoms with Crippen LogP contribution in [0.3, 0.4) is 0 Å². The average molecular weight is 325 g/mol. The fourth-order valence-corrected chi connectivity index (χ4v) is 2.49. The topological polar surface area (TPSA) is 64.0 Å². The molecule has 3 aromatic rings. The Morgan fingerprint density at radius 2 is 1.92 bits per heavy atom. The molecule has 0 spiro atoms. The molecule has 0 unspecified atom stereocenters. The number of hydrogen-bond donors (Lipinski definition) is 1. The largest absolute Gasteiger partial charge is 0.332 e. The van der Waals surface area contributed by atoms with Crippen LogP contribution in [0.2, 0.25) is 0 Å². The van der Waals surface area contributed by atoms with Crippen LogP contribution < -0.4 is 10.7 Å². The van der Waals surface area contributed by atoms with Gasteiger partial charge >= 0.3 is 0 Å². The molecule has 0 aliphatic carbocycles. The number of halogens is 1. The van der Waals surface area contributed by atoms with Crippen molar-refractivity contribution in [1.82, 2.24) is 9.55 Å². The molecule has 0 fully saturated rings. The molecule has 1 N–H and O–H groups in total. The lowest BCUT2D eigenvalue weighted by molar-refractivity contribution is 0.102. The van der Waals surface area contributed by atoms with Crippen molar-refractivity contribution in [3.63, 3.8) is 0 Å². The number of benzene rings is 1. The molecule has 2 heterocycles. The predicted octanol–water partition coefficient (Wildman–Crippen LogP) is 3.12. The summed E-state index contributed by atoms with van der Waals surface area (Å²) in [7, 11) is 0. The second-order valence-corrected chi connectivity index (χ2v) is 5.44. The second kappa shape index (κ2) is 6.23. The highest BCUT2D eigenvalue weighted by molar-refractivity contribution is 6.05. The molecule has 1 amide bonds. The van der Waals surface area contributed by atoms with Gasteiger partial charge in [-0.05, 0) is 50.2 Å². The minimum atomic E-state index is -0.531. The molecule has 0 saturated carbocycles. The maximum atomic E-state index is 12.9. The zero-order valence-electron chi connectivity index (χ0n) is 13.3. The van der Waals surface area contributed by atoms with Crippen LogP contribution in [-0.4, -0.2) is 15.5 Å². The lowest BCUT2D eigenvalue weighted by Gasteiger charge is -2.11. The van der Waals surface area contributed by atoms with Crippen molar-refractivity contribution in [3.8, 4) is 0 Å². The van der Waals surface area contributed by atoms with Crippen LogP contribution in [0.1, 0.15) is 23.0 Å². The summed E-state index contributed by atoms with van der Waals surface area (Å²) < 4.78 is 14.7. The Hall–Kier alpha value is -3.02. The van der Waals surface area contributed by atoms with Gasteiger partial charge in [-0.3, -0.25) is 9.59 Å². The third-order valence-corrected chi connectivity index (χ3v) is 3.75. The third kappa shape index (κ3) is 2.90. The monoisotopic (exact) mass is 325 g/mol. The maximum absolute atomic E-state index is 12.9. The SMILES string of the molecule is CCn1cc(C(=O)Nc2ccc(F)cc2)c(=O)c2ccc(C)nc21. The summed E-state index contributed by atoms with van der Waals surface area (Å²) in [4.78, 5) is 29.5. The first-order valence-electron chi connectivity index (χ1n) is 7.57. The summed E-state index contributed by atoms with van der Waals surface area (Å²) in [5.74, 6) is -0.926. The Bertz CT molecular complexity index is 978. The van der Waals surface area contributed by atoms with Gasteiger partial charge in [0.05, 0.1) is 5.39 Å². The fourth-order valence-electron chi connectivity index (χ4n) is 2.49. The van der Waals surface area contributed by atoms with Gasteiger partial charge < -0.3 is 9.88 Å². The number of rotatable bonds is 3. The number of nitrogens with one attached hydrogen (secondary N) is 1. The molecule has 5 nitrogen and oxygen atoms in total. The number of pyridine rings is 2. The number of fused-ring (bicyclic) bond motifs is 1. The second-order valence-electron chi connectivity index (χ2n) is 5.44. The number of aromatic nitrogens is 2. The highest BCUT2D eigenvalue weighted by atomic mass is 19.1. The number of carbonyl (C=O) groups excluding carboxylic acids is 1. The van der Waals surface area contributed by atoms with Crippen LogP contribution in [0, 0.1) is 12.7 Å². The zero-order chi connectivity index (χ0) is 17.3. The summed E-state index contributed by atoms with van der Waals surface area (Å²) in [5, 5.41) is 3.01. The highest BCUT2D eigenvalue weighted by Gasteiger charge is 2.16. The lowest BCUT2D eigenvalue weighted by Crippen LogP contribution is -2.24. The van der Waals surface area contributed by atoms with Crippen LogP contribution in [0.5, 0.6) is 0 Å². The molecular formula is C18H16FN3O2. The van der Waals surface area contributed by atoms with Crippen molar-refractivity contribution >= 4 is 22.6 Å². The number of anilines is 1. The van der Waals surface area contributed by atoms with E-state index in [2.05, 4.69) is 10.3 Å². The minimum absolute atomic E-state index is 0.0272. The van der Waals surface area contributed by atoms with Gasteiger partial charge in [-0.2, -0.15) is 0 Å². The Kier molecular flexibility index (Phi) is 4.12. The van der Waals surface area contributed by atoms with Gasteiger partial charge in [-0.1, -0.05) is 0 Å². The van der Waals surface area contributed by atoms with Gasteiger partial charge in [0.25, 0.3) is 5.91 Å². The number of nitrogens with zero attached hydrogens (tertiary/aromatic N) is 2. The first kappa shape index (κ1) is 15.9. The Morgan fingerprint density at radius 1 is 1.21 bits per heavy atom. The van der Waals surface area contributed by atoms with E-state index in [1.54, 1.807) is 16.7 Å². The molecule has 122 valence electrons. The molecule has 0 saturated heterocycles. The number of carbonyl (C=O) groups is 1. The highest BCUT2D eigenvalue weighted by Crippen LogP contribution is 2.13. The molecule has 0 aliphatic heterocycles. The Labute approximate surface area is 137 Å². The molecular weight excluding hydrogens is 309 g/mol. The zero-order valence-corrected chi connectivity index (χ0v) is 13.3. The van der Waals surface area contributed by atoms with Crippen LogP contribution in [0.4, 0.5) is 10.1 Å². The molecule has 0 bridgehead atoms. The van der Waals surface area contributed by atoms with Crippen molar-refractivity contribution in [1.29, 1.82) is 0 Å². The van der Waals surface area contributed by atoms with Crippen LogP contribution >= 0.6 is 0 Å². The van der Waals surface area contributed by atoms with Crippen molar-refractivity contribution in [2.24, 2.45) is 0 Å². The molecule has 0 atom stereocenters. The fraction of sp³-hybridized carbons (Fsp3) is 0.167. The van der Waals surface area contributed by atoms with Gasteiger partial charge in [0, 0.05) is 24.1 Å². The number of amides is 1. The van der Waals surface area contributed by atoms with E-state index in [1.807, 2.05) is 13.8 Å². The molecule has 3 rings (SSSR count). The smallest absolute Gasteiger partial charge is 0.261 e. The lowest BCUT2D eigenvalue weighted by atomic mass is 10.1. The number of hydrogen-bond acceptors (Lipinski definition) is 3. The predicted molar refractivity (Wildman–Crippen MR) is 90.8 cm³/mol. The van der Waals surface area contributed by atoms with E-state index >= 15 is 0 Å². The standard InChI is InChI=1S/C18H16FN3O2/c1-3-22-10-15(16(23)14-9-4-11(2)20-17(14)22)18(24)21-13-7-5-12(19)6-8-13/h4-10H,3H2,1-2H3,(H,21,24). The van der Waals surface area contributed by atoms with E-state index in [9.17, 15) is 14.0 Å². The van der Waals surface area contributed by atoms with Crippen LogP contribution in [0.25, 0.3) is 11.0 Å². The molecule has 0 radical (unpaired) electrons. The summed E-state index contributed by atoms with van der Waals surface area (Å²) in [6.45, 7) is 4.33. The van der Waals surface area contributed by atoms with Gasteiger partial charge in [0.1, 0.15) is 17.0 Å². The van der Waals surface area contributed by atoms with Gasteiger partial charge in [-0.15, -0.1) is 0 Å². The van der Waals surface area contributed by atoms with Gasteiger partial charge in [0.15, 0.2) is 0 Å². The molecule has 24 heavy (non-hydrogen) atoms. The molecule has 6 heteroatoms. The molecule has 1 aromatic carbocycles. The number of aryl methyl sites for hydroxylation is 2. The van der Waals surface area contributed by atoms with Crippen molar-refractivity contribution in [2.75, 3.05) is 5.32 Å². The van der Waals surface area contributed by atoms with Crippen molar-refractivity contribution in [2.45, 2.75) is 20.4 Å². The Morgan fingerprint density at radius 3 is 2.58 bits per heavy atom. The normalized spacial score (nSPS) is 10.8. The van der Waals surface area contributed by atoms with E-state index in [0.717, 1.165) is 5.69 Å². The average Bonchev–Trinajstić information content (AvgIpc) is 2.57. The summed E-state index contributed by atoms with van der Waals surface area (Å²) >= 11 is 0. The molecule has 0 aliphatic rings. The van der Waals surface area contributed by atoms with E-state index in [0.29, 0.717) is 23.3 Å². The summed E-state index contributed by atoms with van der Waals surface area (Å²) in [5.41, 5.74) is 1.43. The van der Waals surface area contributed by atoms with Crippen LogP contribution in [0.15, 0.2) is 47.4 Å². The van der Waals surface area contributed by atoms with Crippen LogP contribution in [-0.2, 0) is 6.54 Å². The maximum Gasteiger partial charge on any atom is 0.261 e. The van der Waals surface area contributed by atoms with Crippen molar-refractivity contribution < 1.29 is 9.18 Å². The van der Waals surface area contributed by atoms with E-state index in [1.165, 1.54) is 30.5 Å². The van der Waals surface area contributed by atoms with E-state index in [4.69, 9.17) is 0 Å². The van der Waals surface area contributed by atoms with Crippen molar-refractivity contribution in [3.05, 3.63) is 69.9 Å². The molecule has 2 aromatic heterocycles. The first-order valence-corrected chi connectivity index (χ1v) is 7.57. The first-order chi connectivity index (χ1) is 11.5. The summed E-state index contributed by atoms with van der Waals surface area (Å²) in [6.07, 6.45) is 1.51. The Balaban J connectivity index is 2.07. The summed E-state index contributed by atoms with van der Waals surface area (Å²) in [6, 6.07) is 8.79.